The summed E-state index contributed by atoms with van der Waals surface area (Å²) in [5.74, 6) is 0.912. The van der Waals surface area contributed by atoms with Crippen LogP contribution < -0.4 is 20.7 Å². The maximum Gasteiger partial charge on any atom is 0.242 e. The number of amides is 1. The lowest BCUT2D eigenvalue weighted by molar-refractivity contribution is -0.123. The maximum absolute atomic E-state index is 13.0. The van der Waals surface area contributed by atoms with Crippen LogP contribution in [-0.4, -0.2) is 25.1 Å². The minimum Gasteiger partial charge on any atom is -0.493 e. The van der Waals surface area contributed by atoms with E-state index >= 15 is 0 Å². The van der Waals surface area contributed by atoms with Gasteiger partial charge in [-0.05, 0) is 43.5 Å². The third kappa shape index (κ3) is 2.98. The second-order valence-electron chi connectivity index (χ2n) is 7.05. The third-order valence-electron chi connectivity index (χ3n) is 5.44. The summed E-state index contributed by atoms with van der Waals surface area (Å²) in [6.07, 6.45) is 2.78. The highest BCUT2D eigenvalue weighted by Crippen LogP contribution is 2.34. The van der Waals surface area contributed by atoms with Crippen LogP contribution in [0.3, 0.4) is 0 Å². The molecule has 3 N–H and O–H groups in total. The first-order valence-corrected chi connectivity index (χ1v) is 9.31. The van der Waals surface area contributed by atoms with Crippen LogP contribution >= 0.6 is 0 Å². The van der Waals surface area contributed by atoms with Gasteiger partial charge in [-0.25, -0.2) is 0 Å². The van der Waals surface area contributed by atoms with Crippen molar-refractivity contribution in [3.8, 4) is 5.75 Å². The molecule has 136 valence electrons. The molecule has 4 rings (SSSR count). The minimum atomic E-state index is -0.245. The number of carbonyl (C=O) groups excluding carboxylic acids is 1. The first-order valence-electron chi connectivity index (χ1n) is 9.31. The molecule has 0 bridgehead atoms. The Hall–Kier alpha value is -2.69. The molecule has 0 aliphatic carbocycles. The molecule has 2 unspecified atom stereocenters. The summed E-state index contributed by atoms with van der Waals surface area (Å²) in [6.45, 7) is 3.47. The molecule has 2 aromatic carbocycles. The van der Waals surface area contributed by atoms with Crippen molar-refractivity contribution < 1.29 is 9.53 Å². The molecule has 5 heteroatoms. The van der Waals surface area contributed by atoms with E-state index in [4.69, 9.17) is 10.5 Å². The summed E-state index contributed by atoms with van der Waals surface area (Å²) in [4.78, 5) is 15.2. The molecule has 2 aliphatic heterocycles. The zero-order valence-electron chi connectivity index (χ0n) is 15.1. The Morgan fingerprint density at radius 3 is 3.00 bits per heavy atom. The van der Waals surface area contributed by atoms with E-state index in [0.717, 1.165) is 54.1 Å². The molecule has 0 spiro atoms. The smallest absolute Gasteiger partial charge is 0.242 e. The van der Waals surface area contributed by atoms with Gasteiger partial charge in [0.15, 0.2) is 0 Å². The van der Waals surface area contributed by atoms with Crippen LogP contribution in [0.5, 0.6) is 5.75 Å². The van der Waals surface area contributed by atoms with E-state index in [1.54, 1.807) is 0 Å². The largest absolute Gasteiger partial charge is 0.493 e. The zero-order chi connectivity index (χ0) is 18.1. The first-order chi connectivity index (χ1) is 12.6. The Morgan fingerprint density at radius 1 is 1.27 bits per heavy atom. The van der Waals surface area contributed by atoms with Crippen molar-refractivity contribution in [2.24, 2.45) is 0 Å². The van der Waals surface area contributed by atoms with E-state index in [1.165, 1.54) is 0 Å². The van der Waals surface area contributed by atoms with E-state index in [-0.39, 0.29) is 18.0 Å². The Labute approximate surface area is 154 Å². The fourth-order valence-electron chi connectivity index (χ4n) is 4.01. The first kappa shape index (κ1) is 16.8. The van der Waals surface area contributed by atoms with Gasteiger partial charge >= 0.3 is 0 Å². The topological polar surface area (TPSA) is 67.6 Å². The summed E-state index contributed by atoms with van der Waals surface area (Å²) in [5.41, 5.74) is 10.3. The Balaban J connectivity index is 1.53. The van der Waals surface area contributed by atoms with Crippen molar-refractivity contribution in [1.82, 2.24) is 5.32 Å². The van der Waals surface area contributed by atoms with Gasteiger partial charge in [0.2, 0.25) is 5.91 Å². The lowest BCUT2D eigenvalue weighted by Crippen LogP contribution is -2.48. The molecule has 2 atom stereocenters. The van der Waals surface area contributed by atoms with Crippen molar-refractivity contribution in [3.05, 3.63) is 53.6 Å². The van der Waals surface area contributed by atoms with Gasteiger partial charge in [-0.1, -0.05) is 24.3 Å². The van der Waals surface area contributed by atoms with Gasteiger partial charge in [-0.15, -0.1) is 0 Å². The Bertz CT molecular complexity index is 821. The van der Waals surface area contributed by atoms with Crippen molar-refractivity contribution in [2.75, 3.05) is 23.8 Å². The number of nitrogens with two attached hydrogens (primary N) is 1. The normalized spacial score (nSPS) is 19.7. The van der Waals surface area contributed by atoms with Crippen LogP contribution in [0.15, 0.2) is 42.5 Å². The van der Waals surface area contributed by atoms with E-state index in [2.05, 4.69) is 16.3 Å². The number of ether oxygens (including phenoxy) is 1. The highest BCUT2D eigenvalue weighted by atomic mass is 16.5. The number of anilines is 2. The van der Waals surface area contributed by atoms with E-state index < -0.39 is 0 Å². The molecular formula is C21H25N3O2. The van der Waals surface area contributed by atoms with Crippen molar-refractivity contribution >= 4 is 17.3 Å². The van der Waals surface area contributed by atoms with Crippen molar-refractivity contribution in [3.63, 3.8) is 0 Å². The SMILES string of the molecule is CC(C(=O)NC1CCOc2ccccc21)N1CCCc2c(N)cccc21. The summed E-state index contributed by atoms with van der Waals surface area (Å²) in [5, 5.41) is 3.23. The van der Waals surface area contributed by atoms with E-state index in [9.17, 15) is 4.79 Å². The lowest BCUT2D eigenvalue weighted by atomic mass is 9.97. The molecule has 2 aromatic rings. The number of para-hydroxylation sites is 1. The maximum atomic E-state index is 13.0. The zero-order valence-corrected chi connectivity index (χ0v) is 15.1. The molecule has 0 saturated carbocycles. The van der Waals surface area contributed by atoms with Crippen LogP contribution in [0.2, 0.25) is 0 Å². The molecule has 0 saturated heterocycles. The molecule has 0 radical (unpaired) electrons. The molecule has 0 fully saturated rings. The average Bonchev–Trinajstić information content (AvgIpc) is 2.67. The summed E-state index contributed by atoms with van der Waals surface area (Å²) < 4.78 is 5.70. The summed E-state index contributed by atoms with van der Waals surface area (Å²) >= 11 is 0. The van der Waals surface area contributed by atoms with Crippen LogP contribution in [-0.2, 0) is 11.2 Å². The molecule has 2 aliphatic rings. The number of carbonyl (C=O) groups is 1. The van der Waals surface area contributed by atoms with Gasteiger partial charge in [-0.2, -0.15) is 0 Å². The number of hydrogen-bond donors (Lipinski definition) is 2. The average molecular weight is 351 g/mol. The number of benzene rings is 2. The number of nitrogen functional groups attached to an aromatic ring is 1. The Kier molecular flexibility index (Phi) is 4.45. The molecule has 26 heavy (non-hydrogen) atoms. The predicted octanol–water partition coefficient (Wildman–Crippen LogP) is 3.05. The molecule has 0 aromatic heterocycles. The fraction of sp³-hybridized carbons (Fsp3) is 0.381. The fourth-order valence-corrected chi connectivity index (χ4v) is 4.01. The van der Waals surface area contributed by atoms with Gasteiger partial charge in [0, 0.05) is 29.9 Å². The number of hydrogen-bond acceptors (Lipinski definition) is 4. The molecule has 5 nitrogen and oxygen atoms in total. The highest BCUT2D eigenvalue weighted by Gasteiger charge is 2.30. The Morgan fingerprint density at radius 2 is 2.12 bits per heavy atom. The number of nitrogens with one attached hydrogen (secondary N) is 1. The lowest BCUT2D eigenvalue weighted by Gasteiger charge is -2.37. The van der Waals surface area contributed by atoms with Gasteiger partial charge in [0.1, 0.15) is 11.8 Å². The van der Waals surface area contributed by atoms with Crippen LogP contribution in [0.25, 0.3) is 0 Å². The van der Waals surface area contributed by atoms with Crippen molar-refractivity contribution in [1.29, 1.82) is 0 Å². The van der Waals surface area contributed by atoms with Crippen molar-refractivity contribution in [2.45, 2.75) is 38.3 Å². The second kappa shape index (κ2) is 6.90. The quantitative estimate of drug-likeness (QED) is 0.834. The summed E-state index contributed by atoms with van der Waals surface area (Å²) in [6, 6.07) is 13.7. The molecule has 1 amide bonds. The third-order valence-corrected chi connectivity index (χ3v) is 5.44. The molecule has 2 heterocycles. The van der Waals surface area contributed by atoms with E-state index in [0.29, 0.717) is 6.61 Å². The van der Waals surface area contributed by atoms with E-state index in [1.807, 2.05) is 43.3 Å². The number of rotatable bonds is 3. The van der Waals surface area contributed by atoms with Gasteiger partial charge in [0.05, 0.1) is 12.6 Å². The van der Waals surface area contributed by atoms with Crippen LogP contribution in [0.1, 0.15) is 36.9 Å². The second-order valence-corrected chi connectivity index (χ2v) is 7.05. The minimum absolute atomic E-state index is 0.00000349. The van der Waals surface area contributed by atoms with Gasteiger partial charge in [0.25, 0.3) is 0 Å². The molecular weight excluding hydrogens is 326 g/mol. The predicted molar refractivity (Wildman–Crippen MR) is 103 cm³/mol. The monoisotopic (exact) mass is 351 g/mol. The summed E-state index contributed by atoms with van der Waals surface area (Å²) in [7, 11) is 0. The number of nitrogens with zero attached hydrogens (tertiary/aromatic N) is 1. The highest BCUT2D eigenvalue weighted by molar-refractivity contribution is 5.86. The van der Waals surface area contributed by atoms with Gasteiger partial charge < -0.3 is 20.7 Å². The van der Waals surface area contributed by atoms with Crippen LogP contribution in [0, 0.1) is 0 Å². The number of fused-ring (bicyclic) bond motifs is 2. The van der Waals surface area contributed by atoms with Crippen LogP contribution in [0.4, 0.5) is 11.4 Å². The standard InChI is InChI=1S/C21H25N3O2/c1-14(24-12-5-7-15-17(22)8-4-9-19(15)24)21(25)23-18-11-13-26-20-10-3-2-6-16(18)20/h2-4,6,8-10,14,18H,5,7,11-13,22H2,1H3,(H,23,25). The van der Waals surface area contributed by atoms with Gasteiger partial charge in [-0.3, -0.25) is 4.79 Å².